The van der Waals surface area contributed by atoms with Gasteiger partial charge >= 0.3 is 6.03 Å². The van der Waals surface area contributed by atoms with Gasteiger partial charge in [-0.2, -0.15) is 0 Å². The smallest absolute Gasteiger partial charge is 0.319 e. The number of benzene rings is 2. The molecule has 0 radical (unpaired) electrons. The zero-order valence-electron chi connectivity index (χ0n) is 12.8. The van der Waals surface area contributed by atoms with Crippen molar-refractivity contribution < 1.29 is 9.72 Å². The van der Waals surface area contributed by atoms with Gasteiger partial charge in [0.15, 0.2) is 0 Å². The van der Waals surface area contributed by atoms with E-state index in [0.29, 0.717) is 13.0 Å². The second kappa shape index (κ2) is 6.08. The van der Waals surface area contributed by atoms with Crippen LogP contribution < -0.4 is 10.6 Å². The monoisotopic (exact) mass is 311 g/mol. The van der Waals surface area contributed by atoms with E-state index in [1.165, 1.54) is 6.07 Å². The van der Waals surface area contributed by atoms with Crippen molar-refractivity contribution >= 4 is 17.4 Å². The maximum Gasteiger partial charge on any atom is 0.319 e. The van der Waals surface area contributed by atoms with Gasteiger partial charge < -0.3 is 10.6 Å². The van der Waals surface area contributed by atoms with Gasteiger partial charge in [-0.3, -0.25) is 10.1 Å². The number of fused-ring (bicyclic) bond motifs is 3. The van der Waals surface area contributed by atoms with Crippen LogP contribution >= 0.6 is 0 Å². The molecule has 0 aliphatic heterocycles. The minimum atomic E-state index is -0.381. The highest BCUT2D eigenvalue weighted by atomic mass is 16.6. The summed E-state index contributed by atoms with van der Waals surface area (Å²) in [5.74, 6) is 0. The maximum absolute atomic E-state index is 11.7. The molecule has 118 valence electrons. The normalized spacial score (nSPS) is 11.5. The summed E-state index contributed by atoms with van der Waals surface area (Å²) in [5.41, 5.74) is 4.92. The minimum Gasteiger partial charge on any atom is -0.338 e. The highest BCUT2D eigenvalue weighted by molar-refractivity contribution is 5.90. The molecule has 2 aromatic rings. The molecule has 6 heteroatoms. The molecule has 0 saturated heterocycles. The lowest BCUT2D eigenvalue weighted by molar-refractivity contribution is -0.384. The van der Waals surface area contributed by atoms with Crippen molar-refractivity contribution in [2.45, 2.75) is 19.8 Å². The topological polar surface area (TPSA) is 84.3 Å². The number of nitro groups is 1. The number of nitro benzene ring substituents is 1. The molecule has 0 unspecified atom stereocenters. The van der Waals surface area contributed by atoms with Crippen LogP contribution in [0.1, 0.15) is 24.5 Å². The molecule has 23 heavy (non-hydrogen) atoms. The second-order valence-corrected chi connectivity index (χ2v) is 5.53. The lowest BCUT2D eigenvalue weighted by atomic mass is 10.1. The highest BCUT2D eigenvalue weighted by Crippen LogP contribution is 2.39. The van der Waals surface area contributed by atoms with Gasteiger partial charge in [-0.1, -0.05) is 13.0 Å². The number of anilines is 1. The summed E-state index contributed by atoms with van der Waals surface area (Å²) in [5, 5.41) is 16.5. The van der Waals surface area contributed by atoms with Crippen molar-refractivity contribution in [1.29, 1.82) is 0 Å². The largest absolute Gasteiger partial charge is 0.338 e. The third-order valence-electron chi connectivity index (χ3n) is 3.87. The number of rotatable bonds is 4. The molecule has 0 bridgehead atoms. The van der Waals surface area contributed by atoms with Gasteiger partial charge in [-0.25, -0.2) is 4.79 Å². The van der Waals surface area contributed by atoms with Crippen LogP contribution in [0.25, 0.3) is 11.1 Å². The average molecular weight is 311 g/mol. The highest BCUT2D eigenvalue weighted by Gasteiger charge is 2.21. The molecule has 1 aliphatic carbocycles. The SMILES string of the molecule is CCCNC(=O)Nc1ccc2c(c1)Cc1cc([N+](=O)[O-])ccc1-2. The van der Waals surface area contributed by atoms with Crippen molar-refractivity contribution in [2.24, 2.45) is 0 Å². The zero-order valence-corrected chi connectivity index (χ0v) is 12.8. The Kier molecular flexibility index (Phi) is 3.97. The van der Waals surface area contributed by atoms with Gasteiger partial charge in [0.05, 0.1) is 4.92 Å². The number of urea groups is 1. The van der Waals surface area contributed by atoms with Crippen LogP contribution in [0.3, 0.4) is 0 Å². The van der Waals surface area contributed by atoms with E-state index in [4.69, 9.17) is 0 Å². The molecule has 0 saturated carbocycles. The molecule has 3 rings (SSSR count). The molecule has 0 aromatic heterocycles. The van der Waals surface area contributed by atoms with Crippen LogP contribution in [0.5, 0.6) is 0 Å². The van der Waals surface area contributed by atoms with Gasteiger partial charge in [0.25, 0.3) is 5.69 Å². The molecule has 0 heterocycles. The van der Waals surface area contributed by atoms with Gasteiger partial charge in [-0.15, -0.1) is 0 Å². The predicted octanol–water partition coefficient (Wildman–Crippen LogP) is 3.70. The lowest BCUT2D eigenvalue weighted by Crippen LogP contribution is -2.29. The standard InChI is InChI=1S/C17H17N3O3/c1-2-7-18-17(21)19-13-3-5-15-11(9-13)8-12-10-14(20(22)23)4-6-16(12)15/h3-6,9-10H,2,7-8H2,1H3,(H2,18,19,21). The van der Waals surface area contributed by atoms with E-state index in [2.05, 4.69) is 10.6 Å². The first-order chi connectivity index (χ1) is 11.1. The van der Waals surface area contributed by atoms with E-state index < -0.39 is 0 Å². The summed E-state index contributed by atoms with van der Waals surface area (Å²) < 4.78 is 0. The quantitative estimate of drug-likeness (QED) is 0.569. The lowest BCUT2D eigenvalue weighted by Gasteiger charge is -2.08. The van der Waals surface area contributed by atoms with Gasteiger partial charge in [-0.05, 0) is 53.3 Å². The molecule has 2 amide bonds. The fraction of sp³-hybridized carbons (Fsp3) is 0.235. The van der Waals surface area contributed by atoms with E-state index in [0.717, 1.165) is 34.4 Å². The van der Waals surface area contributed by atoms with Crippen molar-refractivity contribution in [3.63, 3.8) is 0 Å². The first-order valence-electron chi connectivity index (χ1n) is 7.54. The summed E-state index contributed by atoms with van der Waals surface area (Å²) in [6.07, 6.45) is 1.52. The zero-order chi connectivity index (χ0) is 16.4. The Bertz CT molecular complexity index is 787. The number of amides is 2. The van der Waals surface area contributed by atoms with Crippen LogP contribution in [0, 0.1) is 10.1 Å². The Labute approximate surface area is 133 Å². The summed E-state index contributed by atoms with van der Waals surface area (Å²) in [7, 11) is 0. The molecule has 1 aliphatic rings. The fourth-order valence-corrected chi connectivity index (χ4v) is 2.80. The van der Waals surface area contributed by atoms with Crippen molar-refractivity contribution in [3.8, 4) is 11.1 Å². The first-order valence-corrected chi connectivity index (χ1v) is 7.54. The number of hydrogen-bond acceptors (Lipinski definition) is 3. The maximum atomic E-state index is 11.7. The number of hydrogen-bond donors (Lipinski definition) is 2. The minimum absolute atomic E-state index is 0.105. The fourth-order valence-electron chi connectivity index (χ4n) is 2.80. The number of carbonyl (C=O) groups excluding carboxylic acids is 1. The Balaban J connectivity index is 1.82. The van der Waals surface area contributed by atoms with E-state index >= 15 is 0 Å². The molecule has 2 N–H and O–H groups in total. The van der Waals surface area contributed by atoms with E-state index in [1.54, 1.807) is 12.1 Å². The summed E-state index contributed by atoms with van der Waals surface area (Å²) in [4.78, 5) is 22.2. The summed E-state index contributed by atoms with van der Waals surface area (Å²) >= 11 is 0. The third-order valence-corrected chi connectivity index (χ3v) is 3.87. The molecule has 0 fully saturated rings. The average Bonchev–Trinajstić information content (AvgIpc) is 2.89. The Morgan fingerprint density at radius 1 is 1.17 bits per heavy atom. The predicted molar refractivity (Wildman–Crippen MR) is 88.7 cm³/mol. The summed E-state index contributed by atoms with van der Waals surface area (Å²) in [6.45, 7) is 2.62. The molecular formula is C17H17N3O3. The van der Waals surface area contributed by atoms with Gasteiger partial charge in [0, 0.05) is 24.4 Å². The Morgan fingerprint density at radius 3 is 2.57 bits per heavy atom. The molecular weight excluding hydrogens is 294 g/mol. The number of carbonyl (C=O) groups is 1. The van der Waals surface area contributed by atoms with E-state index in [9.17, 15) is 14.9 Å². The first kappa shape index (κ1) is 15.0. The van der Waals surface area contributed by atoms with Gasteiger partial charge in [0.1, 0.15) is 0 Å². The van der Waals surface area contributed by atoms with Crippen molar-refractivity contribution in [1.82, 2.24) is 5.32 Å². The van der Waals surface area contributed by atoms with E-state index in [1.807, 2.05) is 25.1 Å². The summed E-state index contributed by atoms with van der Waals surface area (Å²) in [6, 6.07) is 10.4. The molecule has 2 aromatic carbocycles. The van der Waals surface area contributed by atoms with Gasteiger partial charge in [0.2, 0.25) is 0 Å². The molecule has 0 atom stereocenters. The Morgan fingerprint density at radius 2 is 1.87 bits per heavy atom. The number of non-ortho nitro benzene ring substituents is 1. The van der Waals surface area contributed by atoms with Crippen LogP contribution in [-0.4, -0.2) is 17.5 Å². The van der Waals surface area contributed by atoms with Crippen LogP contribution in [0.15, 0.2) is 36.4 Å². The van der Waals surface area contributed by atoms with Crippen LogP contribution in [0.2, 0.25) is 0 Å². The number of nitrogens with zero attached hydrogens (tertiary/aromatic N) is 1. The van der Waals surface area contributed by atoms with Crippen LogP contribution in [0.4, 0.5) is 16.2 Å². The van der Waals surface area contributed by atoms with Crippen LogP contribution in [-0.2, 0) is 6.42 Å². The Hall–Kier alpha value is -2.89. The van der Waals surface area contributed by atoms with E-state index in [-0.39, 0.29) is 16.6 Å². The molecule has 6 nitrogen and oxygen atoms in total. The second-order valence-electron chi connectivity index (χ2n) is 5.53. The van der Waals surface area contributed by atoms with Crippen molar-refractivity contribution in [2.75, 3.05) is 11.9 Å². The van der Waals surface area contributed by atoms with Crippen molar-refractivity contribution in [3.05, 3.63) is 57.6 Å². The number of nitrogens with one attached hydrogen (secondary N) is 2. The molecule has 0 spiro atoms. The third kappa shape index (κ3) is 3.01.